The second-order valence-electron chi connectivity index (χ2n) is 4.44. The Morgan fingerprint density at radius 2 is 2.14 bits per heavy atom. The van der Waals surface area contributed by atoms with Crippen LogP contribution in [0.4, 0.5) is 4.39 Å². The molecular formula is C14H18ClFN2O3. The molecule has 0 heterocycles. The van der Waals surface area contributed by atoms with Crippen molar-refractivity contribution in [2.75, 3.05) is 13.2 Å². The molecule has 0 saturated heterocycles. The molecule has 5 nitrogen and oxygen atoms in total. The molecule has 1 aromatic carbocycles. The lowest BCUT2D eigenvalue weighted by Gasteiger charge is -2.14. The second kappa shape index (κ2) is 8.46. The molecule has 0 fully saturated rings. The van der Waals surface area contributed by atoms with Crippen molar-refractivity contribution in [1.29, 1.82) is 0 Å². The molecule has 0 radical (unpaired) electrons. The van der Waals surface area contributed by atoms with Crippen molar-refractivity contribution < 1.29 is 18.7 Å². The Kier molecular flexibility index (Phi) is 6.94. The Balaban J connectivity index is 2.41. The number of carbonyl (C=O) groups is 2. The maximum absolute atomic E-state index is 12.8. The summed E-state index contributed by atoms with van der Waals surface area (Å²) in [5.74, 6) is -1.01. The average molecular weight is 317 g/mol. The van der Waals surface area contributed by atoms with Crippen molar-refractivity contribution in [3.63, 3.8) is 0 Å². The van der Waals surface area contributed by atoms with Gasteiger partial charge in [0.1, 0.15) is 17.6 Å². The summed E-state index contributed by atoms with van der Waals surface area (Å²) < 4.78 is 18.0. The molecule has 2 amide bonds. The van der Waals surface area contributed by atoms with Gasteiger partial charge in [-0.25, -0.2) is 4.39 Å². The van der Waals surface area contributed by atoms with E-state index in [0.29, 0.717) is 6.54 Å². The molecule has 7 heteroatoms. The van der Waals surface area contributed by atoms with Crippen LogP contribution in [0.25, 0.3) is 0 Å². The zero-order valence-corrected chi connectivity index (χ0v) is 12.7. The average Bonchev–Trinajstić information content (AvgIpc) is 2.43. The van der Waals surface area contributed by atoms with Crippen LogP contribution >= 0.6 is 11.6 Å². The zero-order chi connectivity index (χ0) is 15.8. The predicted molar refractivity (Wildman–Crippen MR) is 77.8 cm³/mol. The number of nitrogens with one attached hydrogen (secondary N) is 2. The van der Waals surface area contributed by atoms with Gasteiger partial charge in [-0.1, -0.05) is 18.5 Å². The van der Waals surface area contributed by atoms with Crippen LogP contribution in [0, 0.1) is 5.82 Å². The topological polar surface area (TPSA) is 67.4 Å². The van der Waals surface area contributed by atoms with Gasteiger partial charge >= 0.3 is 0 Å². The summed E-state index contributed by atoms with van der Waals surface area (Å²) in [5, 5.41) is 5.25. The first-order chi connectivity index (χ1) is 9.93. The lowest BCUT2D eigenvalue weighted by molar-refractivity contribution is -0.129. The largest absolute Gasteiger partial charge is 0.482 e. The van der Waals surface area contributed by atoms with Crippen molar-refractivity contribution in [1.82, 2.24) is 10.6 Å². The molecule has 1 atom stereocenters. The molecule has 1 aromatic rings. The van der Waals surface area contributed by atoms with Crippen LogP contribution in [-0.4, -0.2) is 31.0 Å². The standard InChI is InChI=1S/C14H18ClFN2O3/c1-3-6-17-14(20)9(2)18-13(19)8-21-12-5-4-10(16)7-11(12)15/h4-5,7,9H,3,6,8H2,1-2H3,(H,17,20)(H,18,19). The zero-order valence-electron chi connectivity index (χ0n) is 11.9. The fourth-order valence-electron chi connectivity index (χ4n) is 1.49. The summed E-state index contributed by atoms with van der Waals surface area (Å²) in [6.45, 7) is 3.76. The molecule has 0 aliphatic carbocycles. The maximum Gasteiger partial charge on any atom is 0.258 e. The van der Waals surface area contributed by atoms with Gasteiger partial charge in [-0.2, -0.15) is 0 Å². The summed E-state index contributed by atoms with van der Waals surface area (Å²) in [4.78, 5) is 23.2. The Labute approximate surface area is 127 Å². The number of halogens is 2. The maximum atomic E-state index is 12.8. The smallest absolute Gasteiger partial charge is 0.258 e. The lowest BCUT2D eigenvalue weighted by atomic mass is 10.3. The van der Waals surface area contributed by atoms with E-state index in [9.17, 15) is 14.0 Å². The van der Waals surface area contributed by atoms with Gasteiger partial charge < -0.3 is 15.4 Å². The van der Waals surface area contributed by atoms with Crippen LogP contribution in [0.15, 0.2) is 18.2 Å². The Morgan fingerprint density at radius 3 is 2.76 bits per heavy atom. The molecule has 1 rings (SSSR count). The van der Waals surface area contributed by atoms with Crippen LogP contribution in [0.5, 0.6) is 5.75 Å². The van der Waals surface area contributed by atoms with E-state index in [2.05, 4.69) is 10.6 Å². The fraction of sp³-hybridized carbons (Fsp3) is 0.429. The monoisotopic (exact) mass is 316 g/mol. The van der Waals surface area contributed by atoms with E-state index in [1.807, 2.05) is 6.92 Å². The molecule has 0 bridgehead atoms. The van der Waals surface area contributed by atoms with Gasteiger partial charge in [0.2, 0.25) is 5.91 Å². The van der Waals surface area contributed by atoms with E-state index in [0.717, 1.165) is 12.5 Å². The minimum Gasteiger partial charge on any atom is -0.482 e. The number of amides is 2. The van der Waals surface area contributed by atoms with Crippen LogP contribution in [0.1, 0.15) is 20.3 Å². The van der Waals surface area contributed by atoms with Crippen molar-refractivity contribution in [2.24, 2.45) is 0 Å². The Bertz CT molecular complexity index is 511. The normalized spacial score (nSPS) is 11.6. The first-order valence-corrected chi connectivity index (χ1v) is 6.96. The molecule has 0 aliphatic heterocycles. The number of carbonyl (C=O) groups excluding carboxylic acids is 2. The van der Waals surface area contributed by atoms with Crippen molar-refractivity contribution in [2.45, 2.75) is 26.3 Å². The molecule has 0 saturated carbocycles. The van der Waals surface area contributed by atoms with Gasteiger partial charge in [-0.05, 0) is 31.5 Å². The number of hydrogen-bond acceptors (Lipinski definition) is 3. The summed E-state index contributed by atoms with van der Waals surface area (Å²) in [5.41, 5.74) is 0. The fourth-order valence-corrected chi connectivity index (χ4v) is 1.71. The molecule has 0 aliphatic rings. The van der Waals surface area contributed by atoms with Gasteiger partial charge in [0.15, 0.2) is 6.61 Å². The first kappa shape index (κ1) is 17.2. The third kappa shape index (κ3) is 5.99. The third-order valence-corrected chi connectivity index (χ3v) is 2.87. The highest BCUT2D eigenvalue weighted by Gasteiger charge is 2.15. The van der Waals surface area contributed by atoms with Gasteiger partial charge in [-0.3, -0.25) is 9.59 Å². The van der Waals surface area contributed by atoms with Crippen LogP contribution < -0.4 is 15.4 Å². The lowest BCUT2D eigenvalue weighted by Crippen LogP contribution is -2.46. The van der Waals surface area contributed by atoms with Gasteiger partial charge in [-0.15, -0.1) is 0 Å². The summed E-state index contributed by atoms with van der Waals surface area (Å²) in [7, 11) is 0. The van der Waals surface area contributed by atoms with Crippen LogP contribution in [0.2, 0.25) is 5.02 Å². The van der Waals surface area contributed by atoms with Crippen molar-refractivity contribution >= 4 is 23.4 Å². The van der Waals surface area contributed by atoms with Crippen molar-refractivity contribution in [3.8, 4) is 5.75 Å². The van der Waals surface area contributed by atoms with Crippen molar-refractivity contribution in [3.05, 3.63) is 29.0 Å². The van der Waals surface area contributed by atoms with Crippen LogP contribution in [0.3, 0.4) is 0 Å². The molecule has 116 valence electrons. The highest BCUT2D eigenvalue weighted by atomic mass is 35.5. The molecule has 1 unspecified atom stereocenters. The van der Waals surface area contributed by atoms with E-state index >= 15 is 0 Å². The van der Waals surface area contributed by atoms with Gasteiger partial charge in [0, 0.05) is 6.54 Å². The van der Waals surface area contributed by atoms with E-state index in [1.165, 1.54) is 12.1 Å². The number of ether oxygens (including phenoxy) is 1. The van der Waals surface area contributed by atoms with E-state index in [1.54, 1.807) is 6.92 Å². The molecule has 0 aromatic heterocycles. The number of rotatable bonds is 7. The number of hydrogen-bond donors (Lipinski definition) is 2. The Morgan fingerprint density at radius 1 is 1.43 bits per heavy atom. The summed E-state index contributed by atoms with van der Waals surface area (Å²) >= 11 is 5.77. The van der Waals surface area contributed by atoms with E-state index in [4.69, 9.17) is 16.3 Å². The van der Waals surface area contributed by atoms with E-state index < -0.39 is 17.8 Å². The SMILES string of the molecule is CCCNC(=O)C(C)NC(=O)COc1ccc(F)cc1Cl. The van der Waals surface area contributed by atoms with Gasteiger partial charge in [0.25, 0.3) is 5.91 Å². The highest BCUT2D eigenvalue weighted by molar-refractivity contribution is 6.32. The third-order valence-electron chi connectivity index (χ3n) is 2.57. The minimum absolute atomic E-state index is 0.0801. The first-order valence-electron chi connectivity index (χ1n) is 6.59. The second-order valence-corrected chi connectivity index (χ2v) is 4.85. The molecular weight excluding hydrogens is 299 g/mol. The Hall–Kier alpha value is -1.82. The van der Waals surface area contributed by atoms with Gasteiger partial charge in [0.05, 0.1) is 5.02 Å². The number of benzene rings is 1. The predicted octanol–water partition coefficient (Wildman–Crippen LogP) is 1.89. The molecule has 0 spiro atoms. The minimum atomic E-state index is -0.656. The quantitative estimate of drug-likeness (QED) is 0.807. The van der Waals surface area contributed by atoms with E-state index in [-0.39, 0.29) is 23.3 Å². The molecule has 21 heavy (non-hydrogen) atoms. The van der Waals surface area contributed by atoms with Crippen LogP contribution in [-0.2, 0) is 9.59 Å². The highest BCUT2D eigenvalue weighted by Crippen LogP contribution is 2.24. The molecule has 2 N–H and O–H groups in total. The summed E-state index contributed by atoms with van der Waals surface area (Å²) in [6.07, 6.45) is 0.818. The summed E-state index contributed by atoms with van der Waals surface area (Å²) in [6, 6.07) is 2.95.